The molecule has 124 valence electrons. The standard InChI is InChI=1S/C18H20N4OS/c24-18(19-12-14-4-3-11-23-14)22-9-7-13(8-10-22)17-20-15-5-1-2-6-16(15)21-17/h1-6,11,13H,7-10,12H2,(H,19,24)(H,20,21). The molecule has 1 aliphatic heterocycles. The van der Waals surface area contributed by atoms with Crippen LogP contribution < -0.4 is 5.32 Å². The Bertz CT molecular complexity index is 786. The van der Waals surface area contributed by atoms with Crippen LogP contribution in [-0.4, -0.2) is 33.1 Å². The van der Waals surface area contributed by atoms with Gasteiger partial charge in [0.1, 0.15) is 11.6 Å². The summed E-state index contributed by atoms with van der Waals surface area (Å²) in [6.07, 6.45) is 3.80. The second kappa shape index (κ2) is 6.65. The van der Waals surface area contributed by atoms with Gasteiger partial charge in [0.05, 0.1) is 23.8 Å². The van der Waals surface area contributed by atoms with Gasteiger partial charge in [-0.15, -0.1) is 0 Å². The van der Waals surface area contributed by atoms with Crippen LogP contribution in [0.1, 0.15) is 30.3 Å². The van der Waals surface area contributed by atoms with E-state index in [1.165, 1.54) is 0 Å². The van der Waals surface area contributed by atoms with Crippen LogP contribution in [0.5, 0.6) is 0 Å². The number of furan rings is 1. The third-order valence-electron chi connectivity index (χ3n) is 4.57. The van der Waals surface area contributed by atoms with Gasteiger partial charge in [0.25, 0.3) is 0 Å². The van der Waals surface area contributed by atoms with E-state index in [1.54, 1.807) is 6.26 Å². The SMILES string of the molecule is S=C(NCc1ccco1)N1CCC(c2nc3ccccc3[nH]2)CC1. The summed E-state index contributed by atoms with van der Waals surface area (Å²) in [6, 6.07) is 12.0. The fraction of sp³-hybridized carbons (Fsp3) is 0.333. The van der Waals surface area contributed by atoms with Crippen molar-refractivity contribution in [1.29, 1.82) is 0 Å². The highest BCUT2D eigenvalue weighted by atomic mass is 32.1. The summed E-state index contributed by atoms with van der Waals surface area (Å²) >= 11 is 5.50. The quantitative estimate of drug-likeness (QED) is 0.716. The van der Waals surface area contributed by atoms with Crippen molar-refractivity contribution >= 4 is 28.4 Å². The maximum atomic E-state index is 5.50. The van der Waals surface area contributed by atoms with Gasteiger partial charge < -0.3 is 19.6 Å². The molecule has 4 rings (SSSR count). The molecule has 0 atom stereocenters. The Morgan fingerprint density at radius 2 is 2.08 bits per heavy atom. The smallest absolute Gasteiger partial charge is 0.169 e. The largest absolute Gasteiger partial charge is 0.467 e. The van der Waals surface area contributed by atoms with E-state index in [0.717, 1.165) is 53.7 Å². The third-order valence-corrected chi connectivity index (χ3v) is 4.97. The minimum absolute atomic E-state index is 0.474. The number of thiocarbonyl (C=S) groups is 1. The number of hydrogen-bond acceptors (Lipinski definition) is 3. The molecule has 0 bridgehead atoms. The van der Waals surface area contributed by atoms with E-state index < -0.39 is 0 Å². The molecule has 0 unspecified atom stereocenters. The first-order chi connectivity index (χ1) is 11.8. The molecular formula is C18H20N4OS. The predicted molar refractivity (Wildman–Crippen MR) is 97.8 cm³/mol. The molecule has 1 saturated heterocycles. The Kier molecular flexibility index (Phi) is 4.21. The van der Waals surface area contributed by atoms with Crippen molar-refractivity contribution in [2.24, 2.45) is 0 Å². The maximum Gasteiger partial charge on any atom is 0.169 e. The summed E-state index contributed by atoms with van der Waals surface area (Å²) < 4.78 is 5.32. The molecule has 5 nitrogen and oxygen atoms in total. The number of nitrogens with zero attached hydrogens (tertiary/aromatic N) is 2. The molecule has 3 heterocycles. The molecule has 2 aromatic heterocycles. The van der Waals surface area contributed by atoms with Gasteiger partial charge in [-0.25, -0.2) is 4.98 Å². The third kappa shape index (κ3) is 3.14. The van der Waals surface area contributed by atoms with Crippen LogP contribution in [0.4, 0.5) is 0 Å². The van der Waals surface area contributed by atoms with Gasteiger partial charge in [0.15, 0.2) is 5.11 Å². The van der Waals surface area contributed by atoms with Gasteiger partial charge >= 0.3 is 0 Å². The van der Waals surface area contributed by atoms with Gasteiger partial charge in [-0.05, 0) is 49.3 Å². The van der Waals surface area contributed by atoms with Gasteiger partial charge in [-0.2, -0.15) is 0 Å². The Morgan fingerprint density at radius 3 is 2.83 bits per heavy atom. The van der Waals surface area contributed by atoms with Crippen LogP contribution >= 0.6 is 12.2 Å². The minimum Gasteiger partial charge on any atom is -0.467 e. The molecule has 2 N–H and O–H groups in total. The number of aromatic amines is 1. The van der Waals surface area contributed by atoms with Crippen molar-refractivity contribution in [3.05, 3.63) is 54.2 Å². The fourth-order valence-electron chi connectivity index (χ4n) is 3.21. The molecule has 0 aliphatic carbocycles. The number of likely N-dealkylation sites (tertiary alicyclic amines) is 1. The van der Waals surface area contributed by atoms with Crippen LogP contribution in [0.2, 0.25) is 0 Å². The van der Waals surface area contributed by atoms with Gasteiger partial charge in [-0.3, -0.25) is 0 Å². The molecule has 3 aromatic rings. The highest BCUT2D eigenvalue weighted by molar-refractivity contribution is 7.80. The molecule has 24 heavy (non-hydrogen) atoms. The zero-order chi connectivity index (χ0) is 16.4. The molecule has 0 saturated carbocycles. The summed E-state index contributed by atoms with van der Waals surface area (Å²) in [6.45, 7) is 2.53. The Morgan fingerprint density at radius 1 is 1.25 bits per heavy atom. The number of nitrogens with one attached hydrogen (secondary N) is 2. The van der Waals surface area contributed by atoms with E-state index in [4.69, 9.17) is 21.6 Å². The number of benzene rings is 1. The highest BCUT2D eigenvalue weighted by Gasteiger charge is 2.24. The predicted octanol–water partition coefficient (Wildman–Crippen LogP) is 3.41. The number of hydrogen-bond donors (Lipinski definition) is 2. The van der Waals surface area contributed by atoms with Crippen molar-refractivity contribution in [2.75, 3.05) is 13.1 Å². The molecule has 1 aromatic carbocycles. The number of fused-ring (bicyclic) bond motifs is 1. The number of piperidine rings is 1. The van der Waals surface area contributed by atoms with Crippen LogP contribution in [0.3, 0.4) is 0 Å². The van der Waals surface area contributed by atoms with E-state index in [9.17, 15) is 0 Å². The first kappa shape index (κ1) is 15.2. The van der Waals surface area contributed by atoms with E-state index >= 15 is 0 Å². The van der Waals surface area contributed by atoms with Crippen molar-refractivity contribution in [3.63, 3.8) is 0 Å². The topological polar surface area (TPSA) is 57.1 Å². The highest BCUT2D eigenvalue weighted by Crippen LogP contribution is 2.27. The second-order valence-corrected chi connectivity index (χ2v) is 6.53. The molecule has 6 heteroatoms. The van der Waals surface area contributed by atoms with Crippen LogP contribution in [0, 0.1) is 0 Å². The molecule has 0 spiro atoms. The number of H-pyrrole nitrogens is 1. The monoisotopic (exact) mass is 340 g/mol. The first-order valence-corrected chi connectivity index (χ1v) is 8.70. The molecule has 0 radical (unpaired) electrons. The van der Waals surface area contributed by atoms with E-state index in [1.807, 2.05) is 24.3 Å². The normalized spacial score (nSPS) is 15.8. The number of imidazole rings is 1. The van der Waals surface area contributed by atoms with Crippen molar-refractivity contribution < 1.29 is 4.42 Å². The molecule has 1 fully saturated rings. The number of rotatable bonds is 3. The van der Waals surface area contributed by atoms with E-state index in [-0.39, 0.29) is 0 Å². The van der Waals surface area contributed by atoms with Crippen LogP contribution in [0.25, 0.3) is 11.0 Å². The summed E-state index contributed by atoms with van der Waals surface area (Å²) in [5, 5.41) is 4.07. The average molecular weight is 340 g/mol. The summed E-state index contributed by atoms with van der Waals surface area (Å²) in [4.78, 5) is 10.4. The lowest BCUT2D eigenvalue weighted by molar-refractivity contribution is 0.303. The van der Waals surface area contributed by atoms with Crippen molar-refractivity contribution in [2.45, 2.75) is 25.3 Å². The van der Waals surface area contributed by atoms with E-state index in [0.29, 0.717) is 12.5 Å². The molecule has 1 aliphatic rings. The Labute approximate surface area is 146 Å². The van der Waals surface area contributed by atoms with Crippen molar-refractivity contribution in [3.8, 4) is 0 Å². The minimum atomic E-state index is 0.474. The summed E-state index contributed by atoms with van der Waals surface area (Å²) in [5.74, 6) is 2.47. The lowest BCUT2D eigenvalue weighted by Gasteiger charge is -2.33. The summed E-state index contributed by atoms with van der Waals surface area (Å²) in [7, 11) is 0. The first-order valence-electron chi connectivity index (χ1n) is 8.29. The lowest BCUT2D eigenvalue weighted by atomic mass is 9.96. The zero-order valence-corrected chi connectivity index (χ0v) is 14.2. The van der Waals surface area contributed by atoms with E-state index in [2.05, 4.69) is 27.3 Å². The molecule has 0 amide bonds. The van der Waals surface area contributed by atoms with Crippen molar-refractivity contribution in [1.82, 2.24) is 20.2 Å². The molecular weight excluding hydrogens is 320 g/mol. The van der Waals surface area contributed by atoms with Gasteiger partial charge in [0, 0.05) is 19.0 Å². The van der Waals surface area contributed by atoms with Gasteiger partial charge in [-0.1, -0.05) is 12.1 Å². The summed E-state index contributed by atoms with van der Waals surface area (Å²) in [5.41, 5.74) is 2.16. The maximum absolute atomic E-state index is 5.50. The van der Waals surface area contributed by atoms with Crippen LogP contribution in [0.15, 0.2) is 47.1 Å². The lowest BCUT2D eigenvalue weighted by Crippen LogP contribution is -2.43. The Hall–Kier alpha value is -2.34. The van der Waals surface area contributed by atoms with Gasteiger partial charge in [0.2, 0.25) is 0 Å². The number of para-hydroxylation sites is 2. The second-order valence-electron chi connectivity index (χ2n) is 6.14. The van der Waals surface area contributed by atoms with Crippen LogP contribution in [-0.2, 0) is 6.54 Å². The zero-order valence-electron chi connectivity index (χ0n) is 13.4. The Balaban J connectivity index is 1.33. The fourth-order valence-corrected chi connectivity index (χ4v) is 3.46. The number of aromatic nitrogens is 2. The average Bonchev–Trinajstić information content (AvgIpc) is 3.29.